The Kier molecular flexibility index (Phi) is 12.4. The Morgan fingerprint density at radius 1 is 1.50 bits per heavy atom. The summed E-state index contributed by atoms with van der Waals surface area (Å²) in [7, 11) is -4.07. The summed E-state index contributed by atoms with van der Waals surface area (Å²) >= 11 is 5.03. The zero-order chi connectivity index (χ0) is 13.3. The fourth-order valence-corrected chi connectivity index (χ4v) is 1.63. The summed E-state index contributed by atoms with van der Waals surface area (Å²) in [4.78, 5) is 3.85. The van der Waals surface area contributed by atoms with Crippen LogP contribution in [0.4, 0.5) is 0 Å². The van der Waals surface area contributed by atoms with Crippen molar-refractivity contribution in [1.82, 2.24) is 4.98 Å². The van der Waals surface area contributed by atoms with Gasteiger partial charge in [-0.25, -0.2) is 0 Å². The van der Waals surface area contributed by atoms with E-state index >= 15 is 0 Å². The van der Waals surface area contributed by atoms with Crippen molar-refractivity contribution in [3.8, 4) is 0 Å². The third kappa shape index (κ3) is 12.5. The SMILES string of the molecule is C=Cc1ccncc1.O=S(=O)(O)C[C@@H](O)CCl.[H-].[Na+]. The number of hydrogen-bond donors (Lipinski definition) is 2. The van der Waals surface area contributed by atoms with Gasteiger partial charge in [0.05, 0.1) is 6.10 Å². The van der Waals surface area contributed by atoms with Gasteiger partial charge in [0.2, 0.25) is 0 Å². The van der Waals surface area contributed by atoms with E-state index in [0.29, 0.717) is 0 Å². The number of alkyl halides is 1. The summed E-state index contributed by atoms with van der Waals surface area (Å²) in [6.07, 6.45) is 4.11. The molecule has 0 aromatic carbocycles. The van der Waals surface area contributed by atoms with Gasteiger partial charge in [0, 0.05) is 18.3 Å². The normalized spacial score (nSPS) is 11.5. The van der Waals surface area contributed by atoms with E-state index in [9.17, 15) is 8.42 Å². The second-order valence-electron chi connectivity index (χ2n) is 3.04. The molecule has 8 heteroatoms. The number of hydrogen-bond acceptors (Lipinski definition) is 4. The number of pyridine rings is 1. The second-order valence-corrected chi connectivity index (χ2v) is 4.85. The Bertz CT molecular complexity index is 432. The third-order valence-electron chi connectivity index (χ3n) is 1.52. The maximum absolute atomic E-state index is 9.94. The molecule has 0 saturated carbocycles. The van der Waals surface area contributed by atoms with Crippen molar-refractivity contribution in [3.05, 3.63) is 36.7 Å². The van der Waals surface area contributed by atoms with Crippen LogP contribution in [0.2, 0.25) is 0 Å². The second kappa shape index (κ2) is 10.9. The van der Waals surface area contributed by atoms with Crippen molar-refractivity contribution in [2.75, 3.05) is 11.6 Å². The van der Waals surface area contributed by atoms with Gasteiger partial charge in [-0.15, -0.1) is 11.6 Å². The van der Waals surface area contributed by atoms with Crippen LogP contribution < -0.4 is 29.6 Å². The first-order valence-corrected chi connectivity index (χ1v) is 6.75. The van der Waals surface area contributed by atoms with Gasteiger partial charge in [-0.1, -0.05) is 12.7 Å². The molecule has 0 saturated heterocycles. The molecule has 0 bridgehead atoms. The zero-order valence-electron chi connectivity index (χ0n) is 11.0. The summed E-state index contributed by atoms with van der Waals surface area (Å²) in [6, 6.07) is 3.82. The summed E-state index contributed by atoms with van der Waals surface area (Å²) in [6.45, 7) is 3.60. The number of halogens is 1. The van der Waals surface area contributed by atoms with Crippen LogP contribution >= 0.6 is 11.6 Å². The molecular weight excluding hydrogens is 289 g/mol. The summed E-state index contributed by atoms with van der Waals surface area (Å²) in [5.74, 6) is -0.893. The van der Waals surface area contributed by atoms with Crippen LogP contribution in [0.1, 0.15) is 6.99 Å². The largest absolute Gasteiger partial charge is 1.00 e. The molecule has 98 valence electrons. The van der Waals surface area contributed by atoms with Gasteiger partial charge in [0.1, 0.15) is 5.75 Å². The van der Waals surface area contributed by atoms with Crippen molar-refractivity contribution < 1.29 is 49.1 Å². The van der Waals surface area contributed by atoms with Crippen molar-refractivity contribution >= 4 is 27.8 Å². The molecule has 1 rings (SSSR count). The van der Waals surface area contributed by atoms with Crippen molar-refractivity contribution in [3.63, 3.8) is 0 Å². The standard InChI is InChI=1S/C7H7N.C3H7ClO4S.Na.H/c1-2-7-3-5-8-6-4-7;4-1-3(5)2-9(6,7)8;;/h2-6H,1H2;3,5H,1-2H2,(H,6,7,8);;/q;;+1;-1/t;3-;;/m.0../s1. The predicted molar refractivity (Wildman–Crippen MR) is 68.6 cm³/mol. The smallest absolute Gasteiger partial charge is 1.00 e. The van der Waals surface area contributed by atoms with Gasteiger partial charge in [-0.05, 0) is 17.7 Å². The van der Waals surface area contributed by atoms with E-state index in [1.165, 1.54) is 0 Å². The first-order valence-electron chi connectivity index (χ1n) is 4.60. The Labute approximate surface area is 135 Å². The van der Waals surface area contributed by atoms with Crippen LogP contribution in [0.25, 0.3) is 6.08 Å². The zero-order valence-corrected chi connectivity index (χ0v) is 13.6. The number of nitrogens with zero attached hydrogens (tertiary/aromatic N) is 1. The van der Waals surface area contributed by atoms with Crippen LogP contribution in [-0.4, -0.2) is 40.8 Å². The van der Waals surface area contributed by atoms with Gasteiger partial charge in [0.15, 0.2) is 0 Å². The maximum atomic E-state index is 9.94. The first-order chi connectivity index (χ1) is 7.89. The Morgan fingerprint density at radius 3 is 2.22 bits per heavy atom. The Balaban J connectivity index is -0.000000244. The van der Waals surface area contributed by atoms with E-state index < -0.39 is 22.0 Å². The molecule has 0 radical (unpaired) electrons. The van der Waals surface area contributed by atoms with Gasteiger partial charge in [0.25, 0.3) is 10.1 Å². The molecule has 0 spiro atoms. The molecule has 1 aromatic rings. The average Bonchev–Trinajstić information content (AvgIpc) is 2.28. The molecule has 0 aliphatic rings. The molecular formula is C10H15ClNNaO4S. The van der Waals surface area contributed by atoms with Crippen LogP contribution in [0.3, 0.4) is 0 Å². The van der Waals surface area contributed by atoms with Gasteiger partial charge < -0.3 is 6.53 Å². The van der Waals surface area contributed by atoms with Gasteiger partial charge in [-0.3, -0.25) is 9.54 Å². The molecule has 1 heterocycles. The third-order valence-corrected chi connectivity index (χ3v) is 2.69. The number of aromatic nitrogens is 1. The number of rotatable bonds is 4. The maximum Gasteiger partial charge on any atom is 1.00 e. The Hall–Kier alpha value is 0.0500. The van der Waals surface area contributed by atoms with Crippen LogP contribution in [0.5, 0.6) is 0 Å². The predicted octanol–water partition coefficient (Wildman–Crippen LogP) is -1.68. The first kappa shape index (κ1) is 20.4. The molecule has 0 unspecified atom stereocenters. The number of aliphatic hydroxyl groups excluding tert-OH is 1. The monoisotopic (exact) mass is 303 g/mol. The van der Waals surface area contributed by atoms with Crippen molar-refractivity contribution in [2.45, 2.75) is 6.10 Å². The summed E-state index contributed by atoms with van der Waals surface area (Å²) in [5, 5.41) is 8.52. The fraction of sp³-hybridized carbons (Fsp3) is 0.300. The fourth-order valence-electron chi connectivity index (χ4n) is 0.787. The summed E-state index contributed by atoms with van der Waals surface area (Å²) < 4.78 is 27.9. The molecule has 0 amide bonds. The molecule has 0 aliphatic carbocycles. The summed E-state index contributed by atoms with van der Waals surface area (Å²) in [5.41, 5.74) is 1.11. The van der Waals surface area contributed by atoms with E-state index in [-0.39, 0.29) is 36.9 Å². The molecule has 18 heavy (non-hydrogen) atoms. The molecule has 5 nitrogen and oxygen atoms in total. The van der Waals surface area contributed by atoms with Crippen molar-refractivity contribution in [1.29, 1.82) is 0 Å². The van der Waals surface area contributed by atoms with Crippen LogP contribution in [0, 0.1) is 0 Å². The quantitative estimate of drug-likeness (QED) is 0.394. The van der Waals surface area contributed by atoms with E-state index in [1.54, 1.807) is 18.5 Å². The van der Waals surface area contributed by atoms with E-state index in [4.69, 9.17) is 21.3 Å². The van der Waals surface area contributed by atoms with E-state index in [1.807, 2.05) is 12.1 Å². The minimum atomic E-state index is -4.07. The van der Waals surface area contributed by atoms with Crippen LogP contribution in [-0.2, 0) is 10.1 Å². The molecule has 1 atom stereocenters. The minimum absolute atomic E-state index is 0. The molecule has 0 fully saturated rings. The number of aliphatic hydroxyl groups is 1. The minimum Gasteiger partial charge on any atom is -1.00 e. The van der Waals surface area contributed by atoms with Gasteiger partial charge in [-0.2, -0.15) is 8.42 Å². The van der Waals surface area contributed by atoms with Crippen molar-refractivity contribution in [2.24, 2.45) is 0 Å². The van der Waals surface area contributed by atoms with Gasteiger partial charge >= 0.3 is 29.6 Å². The molecule has 2 N–H and O–H groups in total. The molecule has 1 aromatic heterocycles. The topological polar surface area (TPSA) is 87.5 Å². The Morgan fingerprint density at radius 2 is 2.00 bits per heavy atom. The average molecular weight is 304 g/mol. The van der Waals surface area contributed by atoms with E-state index in [2.05, 4.69) is 11.6 Å². The van der Waals surface area contributed by atoms with Crippen LogP contribution in [0.15, 0.2) is 31.1 Å². The molecule has 0 aliphatic heterocycles. The van der Waals surface area contributed by atoms with E-state index in [0.717, 1.165) is 5.56 Å².